The van der Waals surface area contributed by atoms with E-state index in [0.717, 1.165) is 31.4 Å². The van der Waals surface area contributed by atoms with Crippen molar-refractivity contribution >= 4 is 5.91 Å². The lowest BCUT2D eigenvalue weighted by Crippen LogP contribution is -2.24. The van der Waals surface area contributed by atoms with E-state index in [1.807, 2.05) is 12.1 Å². The molecule has 17 heavy (non-hydrogen) atoms. The molecule has 1 rings (SSSR count). The molecule has 4 nitrogen and oxygen atoms in total. The van der Waals surface area contributed by atoms with Crippen molar-refractivity contribution in [2.45, 2.75) is 32.8 Å². The predicted molar refractivity (Wildman–Crippen MR) is 67.3 cm³/mol. The van der Waals surface area contributed by atoms with E-state index < -0.39 is 0 Å². The molecule has 1 aromatic rings. The monoisotopic (exact) mass is 236 g/mol. The number of rotatable bonds is 7. The minimum Gasteiger partial charge on any atom is -0.352 e. The molecular weight excluding hydrogens is 216 g/mol. The SMILES string of the molecule is CCCCCNC(=O)c1cccc(CON)c1. The van der Waals surface area contributed by atoms with Gasteiger partial charge in [-0.1, -0.05) is 31.9 Å². The maximum absolute atomic E-state index is 11.8. The molecule has 0 fully saturated rings. The molecule has 1 amide bonds. The first-order valence-corrected chi connectivity index (χ1v) is 5.96. The minimum atomic E-state index is -0.0417. The fourth-order valence-corrected chi connectivity index (χ4v) is 1.58. The molecule has 94 valence electrons. The second-order valence-corrected chi connectivity index (χ2v) is 3.97. The third-order valence-corrected chi connectivity index (χ3v) is 2.51. The third-order valence-electron chi connectivity index (χ3n) is 2.51. The quantitative estimate of drug-likeness (QED) is 0.562. The Morgan fingerprint density at radius 3 is 2.94 bits per heavy atom. The summed E-state index contributed by atoms with van der Waals surface area (Å²) in [5.74, 6) is 4.96. The number of carbonyl (C=O) groups excluding carboxylic acids is 1. The summed E-state index contributed by atoms with van der Waals surface area (Å²) in [7, 11) is 0. The molecule has 0 aromatic heterocycles. The molecular formula is C13H20N2O2. The van der Waals surface area contributed by atoms with E-state index in [2.05, 4.69) is 17.1 Å². The van der Waals surface area contributed by atoms with Crippen LogP contribution in [0, 0.1) is 0 Å². The zero-order valence-electron chi connectivity index (χ0n) is 10.2. The highest BCUT2D eigenvalue weighted by Gasteiger charge is 2.05. The molecule has 3 N–H and O–H groups in total. The lowest BCUT2D eigenvalue weighted by molar-refractivity contribution is 0.0952. The Hall–Kier alpha value is -1.39. The van der Waals surface area contributed by atoms with Crippen molar-refractivity contribution < 1.29 is 9.63 Å². The van der Waals surface area contributed by atoms with E-state index >= 15 is 0 Å². The Labute approximate surface area is 102 Å². The first-order valence-electron chi connectivity index (χ1n) is 5.96. The van der Waals surface area contributed by atoms with Crippen LogP contribution in [0.5, 0.6) is 0 Å². The van der Waals surface area contributed by atoms with Gasteiger partial charge in [0.15, 0.2) is 0 Å². The highest BCUT2D eigenvalue weighted by molar-refractivity contribution is 5.94. The Kier molecular flexibility index (Phi) is 6.29. The van der Waals surface area contributed by atoms with Crippen molar-refractivity contribution in [1.29, 1.82) is 0 Å². The van der Waals surface area contributed by atoms with E-state index in [1.165, 1.54) is 0 Å². The van der Waals surface area contributed by atoms with Crippen LogP contribution in [0.3, 0.4) is 0 Å². The van der Waals surface area contributed by atoms with Gasteiger partial charge in [-0.3, -0.25) is 9.63 Å². The van der Waals surface area contributed by atoms with Crippen LogP contribution in [-0.4, -0.2) is 12.5 Å². The van der Waals surface area contributed by atoms with Crippen molar-refractivity contribution in [2.24, 2.45) is 5.90 Å². The average Bonchev–Trinajstić information content (AvgIpc) is 2.35. The number of hydrogen-bond donors (Lipinski definition) is 2. The van der Waals surface area contributed by atoms with Crippen molar-refractivity contribution in [3.63, 3.8) is 0 Å². The van der Waals surface area contributed by atoms with Gasteiger partial charge in [0, 0.05) is 12.1 Å². The van der Waals surface area contributed by atoms with Crippen LogP contribution in [0.15, 0.2) is 24.3 Å². The largest absolute Gasteiger partial charge is 0.352 e. The van der Waals surface area contributed by atoms with Gasteiger partial charge in [-0.2, -0.15) is 0 Å². The molecule has 0 saturated carbocycles. The second kappa shape index (κ2) is 7.81. The van der Waals surface area contributed by atoms with Crippen LogP contribution < -0.4 is 11.2 Å². The average molecular weight is 236 g/mol. The summed E-state index contributed by atoms with van der Waals surface area (Å²) in [5.41, 5.74) is 1.55. The molecule has 0 saturated heterocycles. The molecule has 0 aliphatic heterocycles. The highest BCUT2D eigenvalue weighted by atomic mass is 16.6. The lowest BCUT2D eigenvalue weighted by Gasteiger charge is -2.06. The maximum atomic E-state index is 11.8. The number of nitrogens with one attached hydrogen (secondary N) is 1. The summed E-state index contributed by atoms with van der Waals surface area (Å²) in [6.45, 7) is 3.18. The smallest absolute Gasteiger partial charge is 0.251 e. The number of nitrogens with two attached hydrogens (primary N) is 1. The highest BCUT2D eigenvalue weighted by Crippen LogP contribution is 2.06. The summed E-state index contributed by atoms with van der Waals surface area (Å²) in [6.07, 6.45) is 3.31. The van der Waals surface area contributed by atoms with Gasteiger partial charge in [-0.05, 0) is 24.1 Å². The first-order chi connectivity index (χ1) is 8.27. The van der Waals surface area contributed by atoms with Gasteiger partial charge >= 0.3 is 0 Å². The zero-order chi connectivity index (χ0) is 12.5. The van der Waals surface area contributed by atoms with E-state index in [9.17, 15) is 4.79 Å². The van der Waals surface area contributed by atoms with Gasteiger partial charge in [0.05, 0.1) is 6.61 Å². The van der Waals surface area contributed by atoms with Gasteiger partial charge in [-0.25, -0.2) is 5.90 Å². The van der Waals surface area contributed by atoms with Gasteiger partial charge in [0.25, 0.3) is 5.91 Å². The molecule has 0 unspecified atom stereocenters. The van der Waals surface area contributed by atoms with Gasteiger partial charge in [0.2, 0.25) is 0 Å². The number of unbranched alkanes of at least 4 members (excludes halogenated alkanes) is 2. The molecule has 0 atom stereocenters. The standard InChI is InChI=1S/C13H20N2O2/c1-2-3-4-8-15-13(16)12-7-5-6-11(9-12)10-17-14/h5-7,9H,2-4,8,10,14H2,1H3,(H,15,16). The van der Waals surface area contributed by atoms with E-state index in [-0.39, 0.29) is 5.91 Å². The maximum Gasteiger partial charge on any atom is 0.251 e. The summed E-state index contributed by atoms with van der Waals surface area (Å²) in [4.78, 5) is 16.3. The molecule has 0 heterocycles. The minimum absolute atomic E-state index is 0.0417. The van der Waals surface area contributed by atoms with Crippen LogP contribution in [0.4, 0.5) is 0 Å². The van der Waals surface area contributed by atoms with Crippen LogP contribution in [-0.2, 0) is 11.4 Å². The van der Waals surface area contributed by atoms with Crippen molar-refractivity contribution in [1.82, 2.24) is 5.32 Å². The second-order valence-electron chi connectivity index (χ2n) is 3.97. The molecule has 0 aliphatic carbocycles. The predicted octanol–water partition coefficient (Wildman–Crippen LogP) is 2.00. The van der Waals surface area contributed by atoms with Crippen LogP contribution in [0.25, 0.3) is 0 Å². The molecule has 0 radical (unpaired) electrons. The van der Waals surface area contributed by atoms with Crippen LogP contribution in [0.2, 0.25) is 0 Å². The molecule has 0 spiro atoms. The number of hydrogen-bond acceptors (Lipinski definition) is 3. The summed E-state index contributed by atoms with van der Waals surface area (Å²) in [5, 5.41) is 2.89. The first kappa shape index (κ1) is 13.7. The van der Waals surface area contributed by atoms with Gasteiger partial charge in [-0.15, -0.1) is 0 Å². The lowest BCUT2D eigenvalue weighted by atomic mass is 10.1. The third kappa shape index (κ3) is 4.97. The number of carbonyl (C=O) groups is 1. The number of benzene rings is 1. The Balaban J connectivity index is 2.47. The molecule has 0 aliphatic rings. The van der Waals surface area contributed by atoms with Gasteiger partial charge < -0.3 is 5.32 Å². The Bertz CT molecular complexity index is 353. The van der Waals surface area contributed by atoms with Crippen LogP contribution >= 0.6 is 0 Å². The Morgan fingerprint density at radius 2 is 2.24 bits per heavy atom. The van der Waals surface area contributed by atoms with E-state index in [4.69, 9.17) is 5.90 Å². The fourth-order valence-electron chi connectivity index (χ4n) is 1.58. The van der Waals surface area contributed by atoms with E-state index in [0.29, 0.717) is 12.2 Å². The Morgan fingerprint density at radius 1 is 1.41 bits per heavy atom. The number of amides is 1. The van der Waals surface area contributed by atoms with Crippen molar-refractivity contribution in [2.75, 3.05) is 6.54 Å². The summed E-state index contributed by atoms with van der Waals surface area (Å²) >= 11 is 0. The molecule has 1 aromatic carbocycles. The van der Waals surface area contributed by atoms with Crippen LogP contribution in [0.1, 0.15) is 42.1 Å². The fraction of sp³-hybridized carbons (Fsp3) is 0.462. The normalized spacial score (nSPS) is 10.2. The van der Waals surface area contributed by atoms with Crippen molar-refractivity contribution in [3.05, 3.63) is 35.4 Å². The zero-order valence-corrected chi connectivity index (χ0v) is 10.2. The van der Waals surface area contributed by atoms with Gasteiger partial charge in [0.1, 0.15) is 0 Å². The van der Waals surface area contributed by atoms with E-state index in [1.54, 1.807) is 12.1 Å². The molecule has 4 heteroatoms. The topological polar surface area (TPSA) is 64.3 Å². The van der Waals surface area contributed by atoms with Crippen molar-refractivity contribution in [3.8, 4) is 0 Å². The summed E-state index contributed by atoms with van der Waals surface area (Å²) in [6, 6.07) is 7.28. The molecule has 0 bridgehead atoms. The summed E-state index contributed by atoms with van der Waals surface area (Å²) < 4.78 is 0.